The molecule has 0 aliphatic rings. The summed E-state index contributed by atoms with van der Waals surface area (Å²) in [4.78, 5) is 0. The molecule has 0 aromatic carbocycles. The first kappa shape index (κ1) is 8.02. The van der Waals surface area contributed by atoms with Crippen LogP contribution in [0.1, 0.15) is 20.8 Å². The molecule has 0 rings (SSSR count). The van der Waals surface area contributed by atoms with Gasteiger partial charge in [0.1, 0.15) is 0 Å². The van der Waals surface area contributed by atoms with E-state index in [4.69, 9.17) is 0 Å². The third-order valence-corrected chi connectivity index (χ3v) is 1.78. The first-order chi connectivity index (χ1) is 3.42. The van der Waals surface area contributed by atoms with Crippen LogP contribution >= 0.6 is 0 Å². The molecule has 0 bridgehead atoms. The van der Waals surface area contributed by atoms with Crippen LogP contribution in [0.25, 0.3) is 0 Å². The standard InChI is InChI=1S/C6H13OS/c1-6(2,3)5-8(4)7/h4-5H2,1-3H3/q-1. The molecule has 1 nitrogen and oxygen atoms in total. The summed E-state index contributed by atoms with van der Waals surface area (Å²) < 4.78 is 10.5. The quantitative estimate of drug-likeness (QED) is 0.390. The lowest BCUT2D eigenvalue weighted by Crippen LogP contribution is -2.11. The second kappa shape index (κ2) is 2.53. The Morgan fingerprint density at radius 2 is 1.88 bits per heavy atom. The van der Waals surface area contributed by atoms with Crippen LogP contribution in [-0.2, 0) is 14.6 Å². The van der Waals surface area contributed by atoms with Gasteiger partial charge in [-0.1, -0.05) is 26.2 Å². The van der Waals surface area contributed by atoms with Crippen molar-refractivity contribution in [3.8, 4) is 0 Å². The highest BCUT2D eigenvalue weighted by Crippen LogP contribution is 2.11. The fraction of sp³-hybridized carbons (Fsp3) is 0.833. The second-order valence-corrected chi connectivity index (χ2v) is 4.31. The molecule has 0 aromatic heterocycles. The lowest BCUT2D eigenvalue weighted by atomic mass is 10.0. The van der Waals surface area contributed by atoms with E-state index in [1.165, 1.54) is 0 Å². The van der Waals surface area contributed by atoms with Crippen LogP contribution < -0.4 is 0 Å². The Balaban J connectivity index is 3.73. The maximum Gasteiger partial charge on any atom is -0.0546 e. The SMILES string of the molecule is C=[S-](=O)CC(C)(C)C. The van der Waals surface area contributed by atoms with Crippen molar-refractivity contribution in [1.82, 2.24) is 0 Å². The molecule has 0 saturated carbocycles. The Morgan fingerprint density at radius 3 is 1.88 bits per heavy atom. The normalized spacial score (nSPS) is 12.5. The Morgan fingerprint density at radius 1 is 1.50 bits per heavy atom. The molecule has 0 N–H and O–H groups in total. The van der Waals surface area contributed by atoms with Crippen LogP contribution in [0.2, 0.25) is 0 Å². The monoisotopic (exact) mass is 133 g/mol. The largest absolute Gasteiger partial charge is 0.462 e. The number of rotatable bonds is 1. The third-order valence-electron chi connectivity index (χ3n) is 0.594. The maximum atomic E-state index is 10.5. The molecule has 0 heterocycles. The minimum Gasteiger partial charge on any atom is -0.462 e. The molecular formula is C6H13OS-. The zero-order chi connectivity index (χ0) is 6.78. The summed E-state index contributed by atoms with van der Waals surface area (Å²) >= 11 is 0. The van der Waals surface area contributed by atoms with Crippen molar-refractivity contribution in [3.05, 3.63) is 0 Å². The van der Waals surface area contributed by atoms with Gasteiger partial charge >= 0.3 is 0 Å². The van der Waals surface area contributed by atoms with Gasteiger partial charge in [0.15, 0.2) is 0 Å². The van der Waals surface area contributed by atoms with E-state index in [0.717, 1.165) is 0 Å². The van der Waals surface area contributed by atoms with Crippen molar-refractivity contribution >= 4 is 16.3 Å². The van der Waals surface area contributed by atoms with E-state index in [1.54, 1.807) is 0 Å². The summed E-state index contributed by atoms with van der Waals surface area (Å²) in [5, 5.41) is 0. The Kier molecular flexibility index (Phi) is 2.54. The predicted molar refractivity (Wildman–Crippen MR) is 39.5 cm³/mol. The first-order valence-electron chi connectivity index (χ1n) is 2.60. The van der Waals surface area contributed by atoms with E-state index in [9.17, 15) is 4.21 Å². The van der Waals surface area contributed by atoms with Crippen molar-refractivity contribution < 1.29 is 4.21 Å². The zero-order valence-corrected chi connectivity index (χ0v) is 6.55. The Bertz CT molecular complexity index is 120. The van der Waals surface area contributed by atoms with Crippen LogP contribution in [0.15, 0.2) is 0 Å². The summed E-state index contributed by atoms with van der Waals surface area (Å²) in [6.45, 7) is 6.16. The average Bonchev–Trinajstić information content (AvgIpc) is 1.21. The topological polar surface area (TPSA) is 17.1 Å². The molecule has 0 aliphatic carbocycles. The fourth-order valence-corrected chi connectivity index (χ4v) is 1.45. The Labute approximate surface area is 53.1 Å². The highest BCUT2D eigenvalue weighted by Gasteiger charge is 2.02. The van der Waals surface area contributed by atoms with Crippen molar-refractivity contribution in [1.29, 1.82) is 0 Å². The van der Waals surface area contributed by atoms with Gasteiger partial charge in [-0.2, -0.15) is 5.87 Å². The van der Waals surface area contributed by atoms with Crippen LogP contribution in [-0.4, -0.2) is 11.6 Å². The third kappa shape index (κ3) is 6.02. The van der Waals surface area contributed by atoms with E-state index >= 15 is 0 Å². The van der Waals surface area contributed by atoms with Crippen molar-refractivity contribution in [2.24, 2.45) is 5.41 Å². The molecule has 2 heteroatoms. The first-order valence-corrected chi connectivity index (χ1v) is 4.09. The van der Waals surface area contributed by atoms with Gasteiger partial charge in [0.05, 0.1) is 0 Å². The fourth-order valence-electron chi connectivity index (χ4n) is 0.483. The molecule has 0 aliphatic heterocycles. The zero-order valence-electron chi connectivity index (χ0n) is 5.73. The van der Waals surface area contributed by atoms with Gasteiger partial charge < -0.3 is 4.21 Å². The molecule has 0 saturated heterocycles. The molecule has 0 amide bonds. The summed E-state index contributed by atoms with van der Waals surface area (Å²) in [5.41, 5.74) is 0.159. The molecule has 0 unspecified atom stereocenters. The molecule has 50 valence electrons. The van der Waals surface area contributed by atoms with Crippen LogP contribution in [0.3, 0.4) is 0 Å². The van der Waals surface area contributed by atoms with Crippen molar-refractivity contribution in [2.75, 3.05) is 5.75 Å². The lowest BCUT2D eigenvalue weighted by molar-refractivity contribution is 0.473. The van der Waals surface area contributed by atoms with Gasteiger partial charge in [-0.15, -0.1) is 5.75 Å². The van der Waals surface area contributed by atoms with E-state index in [-0.39, 0.29) is 5.41 Å². The summed E-state index contributed by atoms with van der Waals surface area (Å²) in [6.07, 6.45) is 0. The van der Waals surface area contributed by atoms with Gasteiger partial charge in [0.2, 0.25) is 0 Å². The minimum absolute atomic E-state index is 0.159. The Hall–Kier alpha value is 0.0200. The van der Waals surface area contributed by atoms with Crippen LogP contribution in [0.4, 0.5) is 0 Å². The van der Waals surface area contributed by atoms with Crippen molar-refractivity contribution in [3.63, 3.8) is 0 Å². The van der Waals surface area contributed by atoms with Gasteiger partial charge in [0, 0.05) is 0 Å². The molecule has 0 fully saturated rings. The molecule has 0 aromatic rings. The average molecular weight is 133 g/mol. The number of hydrogen-bond acceptors (Lipinski definition) is 2. The second-order valence-electron chi connectivity index (χ2n) is 3.14. The smallest absolute Gasteiger partial charge is 0.0546 e. The summed E-state index contributed by atoms with van der Waals surface area (Å²) in [7, 11) is -0.885. The van der Waals surface area contributed by atoms with Crippen LogP contribution in [0, 0.1) is 5.41 Å². The molecule has 8 heavy (non-hydrogen) atoms. The minimum atomic E-state index is -0.885. The van der Waals surface area contributed by atoms with Gasteiger partial charge in [-0.3, -0.25) is 10.4 Å². The highest BCUT2D eigenvalue weighted by atomic mass is 32.2. The molecule has 0 spiro atoms. The molecule has 0 radical (unpaired) electrons. The summed E-state index contributed by atoms with van der Waals surface area (Å²) in [5.74, 6) is 4.08. The lowest BCUT2D eigenvalue weighted by Gasteiger charge is -2.19. The van der Waals surface area contributed by atoms with Crippen LogP contribution in [0.5, 0.6) is 0 Å². The van der Waals surface area contributed by atoms with E-state index in [2.05, 4.69) is 26.6 Å². The van der Waals surface area contributed by atoms with Gasteiger partial charge in [-0.05, 0) is 0 Å². The molecule has 0 atom stereocenters. The van der Waals surface area contributed by atoms with E-state index in [0.29, 0.717) is 5.75 Å². The molecular weight excluding hydrogens is 120 g/mol. The van der Waals surface area contributed by atoms with Gasteiger partial charge in [-0.25, -0.2) is 0 Å². The van der Waals surface area contributed by atoms with E-state index < -0.39 is 10.4 Å². The predicted octanol–water partition coefficient (Wildman–Crippen LogP) is 1.43. The van der Waals surface area contributed by atoms with E-state index in [1.807, 2.05) is 0 Å². The number of hydrogen-bond donors (Lipinski definition) is 0. The maximum absolute atomic E-state index is 10.5. The summed E-state index contributed by atoms with van der Waals surface area (Å²) in [6, 6.07) is 0. The highest BCUT2D eigenvalue weighted by molar-refractivity contribution is 7.82. The van der Waals surface area contributed by atoms with Crippen molar-refractivity contribution in [2.45, 2.75) is 20.8 Å². The van der Waals surface area contributed by atoms with Gasteiger partial charge in [0.25, 0.3) is 0 Å².